The number of aromatic nitrogens is 2. The first-order valence-corrected chi connectivity index (χ1v) is 7.50. The molecule has 2 heterocycles. The van der Waals surface area contributed by atoms with E-state index >= 15 is 0 Å². The van der Waals surface area contributed by atoms with Gasteiger partial charge in [0.1, 0.15) is 0 Å². The lowest BCUT2D eigenvalue weighted by atomic mass is 10.1. The van der Waals surface area contributed by atoms with Gasteiger partial charge in [-0.05, 0) is 19.3 Å². The van der Waals surface area contributed by atoms with Gasteiger partial charge in [-0.25, -0.2) is 0 Å². The molecule has 2 fully saturated rings. The summed E-state index contributed by atoms with van der Waals surface area (Å²) in [5.41, 5.74) is 0. The van der Waals surface area contributed by atoms with Crippen molar-refractivity contribution < 1.29 is 14.3 Å². The third-order valence-corrected chi connectivity index (χ3v) is 4.26. The Balaban J connectivity index is 1.49. The van der Waals surface area contributed by atoms with Gasteiger partial charge >= 0.3 is 0 Å². The lowest BCUT2D eigenvalue weighted by Gasteiger charge is -2.14. The number of amides is 1. The van der Waals surface area contributed by atoms with Gasteiger partial charge in [0.05, 0.1) is 6.10 Å². The van der Waals surface area contributed by atoms with Crippen molar-refractivity contribution in [3.05, 3.63) is 11.8 Å². The topological polar surface area (TPSA) is 79.5 Å². The fourth-order valence-corrected chi connectivity index (χ4v) is 3.05. The van der Waals surface area contributed by atoms with E-state index in [0.717, 1.165) is 18.7 Å². The molecule has 0 bridgehead atoms. The van der Waals surface area contributed by atoms with Gasteiger partial charge in [0, 0.05) is 31.8 Å². The number of aliphatic hydroxyl groups excluding tert-OH is 1. The van der Waals surface area contributed by atoms with Crippen molar-refractivity contribution in [1.29, 1.82) is 0 Å². The molecule has 20 heavy (non-hydrogen) atoms. The summed E-state index contributed by atoms with van der Waals surface area (Å²) < 4.78 is 5.66. The summed E-state index contributed by atoms with van der Waals surface area (Å²) in [5, 5.41) is 17.6. The predicted octanol–water partition coefficient (Wildman–Crippen LogP) is 1.25. The highest BCUT2D eigenvalue weighted by Crippen LogP contribution is 2.33. The van der Waals surface area contributed by atoms with Crippen molar-refractivity contribution in [1.82, 2.24) is 15.1 Å². The summed E-state index contributed by atoms with van der Waals surface area (Å²) in [4.78, 5) is 13.7. The Morgan fingerprint density at radius 3 is 2.80 bits per heavy atom. The van der Waals surface area contributed by atoms with Crippen molar-refractivity contribution in [3.8, 4) is 0 Å². The Kier molecular flexibility index (Phi) is 4.00. The average molecular weight is 279 g/mol. The SMILES string of the molecule is O=C(CCc1nnc(C2CCCC2)o1)N1CC[C@@H](O)C1. The van der Waals surface area contributed by atoms with Crippen LogP contribution in [0.2, 0.25) is 0 Å². The number of hydrogen-bond acceptors (Lipinski definition) is 5. The molecule has 0 spiro atoms. The Labute approximate surface area is 118 Å². The van der Waals surface area contributed by atoms with Gasteiger partial charge in [0.2, 0.25) is 17.7 Å². The number of likely N-dealkylation sites (tertiary alicyclic amines) is 1. The molecule has 3 rings (SSSR count). The third kappa shape index (κ3) is 3.00. The fraction of sp³-hybridized carbons (Fsp3) is 0.786. The van der Waals surface area contributed by atoms with Crippen LogP contribution in [0.15, 0.2) is 4.42 Å². The zero-order valence-electron chi connectivity index (χ0n) is 11.6. The van der Waals surface area contributed by atoms with Gasteiger partial charge in [-0.3, -0.25) is 4.79 Å². The smallest absolute Gasteiger partial charge is 0.223 e. The molecule has 0 aromatic carbocycles. The predicted molar refractivity (Wildman–Crippen MR) is 71.0 cm³/mol. The third-order valence-electron chi connectivity index (χ3n) is 4.26. The van der Waals surface area contributed by atoms with Crippen LogP contribution in [-0.2, 0) is 11.2 Å². The number of nitrogens with zero attached hydrogens (tertiary/aromatic N) is 3. The van der Waals surface area contributed by atoms with Crippen LogP contribution in [0, 0.1) is 0 Å². The van der Waals surface area contributed by atoms with Crippen LogP contribution in [0.1, 0.15) is 56.2 Å². The molecular formula is C14H21N3O3. The molecule has 1 saturated heterocycles. The summed E-state index contributed by atoms with van der Waals surface area (Å²) in [6, 6.07) is 0. The Morgan fingerprint density at radius 1 is 1.30 bits per heavy atom. The first-order chi connectivity index (χ1) is 9.72. The Morgan fingerprint density at radius 2 is 2.10 bits per heavy atom. The number of aliphatic hydroxyl groups is 1. The highest BCUT2D eigenvalue weighted by atomic mass is 16.4. The molecule has 6 nitrogen and oxygen atoms in total. The average Bonchev–Trinajstić information content (AvgIpc) is 3.16. The van der Waals surface area contributed by atoms with Crippen molar-refractivity contribution >= 4 is 5.91 Å². The molecule has 1 saturated carbocycles. The monoisotopic (exact) mass is 279 g/mol. The van der Waals surface area contributed by atoms with Crippen LogP contribution in [0.4, 0.5) is 0 Å². The van der Waals surface area contributed by atoms with Crippen LogP contribution in [0.3, 0.4) is 0 Å². The Hall–Kier alpha value is -1.43. The quantitative estimate of drug-likeness (QED) is 0.897. The fourth-order valence-electron chi connectivity index (χ4n) is 3.05. The van der Waals surface area contributed by atoms with Crippen LogP contribution in [-0.4, -0.2) is 45.3 Å². The number of rotatable bonds is 4. The number of β-amino-alcohol motifs (C(OH)–C–C–N with tert-alkyl or cyclic N) is 1. The summed E-state index contributed by atoms with van der Waals surface area (Å²) in [7, 11) is 0. The van der Waals surface area contributed by atoms with E-state index in [1.165, 1.54) is 12.8 Å². The second-order valence-electron chi connectivity index (χ2n) is 5.80. The van der Waals surface area contributed by atoms with Crippen molar-refractivity contribution in [2.75, 3.05) is 13.1 Å². The van der Waals surface area contributed by atoms with Crippen molar-refractivity contribution in [2.24, 2.45) is 0 Å². The van der Waals surface area contributed by atoms with Gasteiger partial charge in [-0.1, -0.05) is 12.8 Å². The molecule has 1 N–H and O–H groups in total. The minimum atomic E-state index is -0.365. The molecule has 1 atom stereocenters. The highest BCUT2D eigenvalue weighted by Gasteiger charge is 2.25. The van der Waals surface area contributed by atoms with Gasteiger partial charge in [0.25, 0.3) is 0 Å². The lowest BCUT2D eigenvalue weighted by Crippen LogP contribution is -2.29. The van der Waals surface area contributed by atoms with Crippen LogP contribution >= 0.6 is 0 Å². The highest BCUT2D eigenvalue weighted by molar-refractivity contribution is 5.76. The summed E-state index contributed by atoms with van der Waals surface area (Å²) >= 11 is 0. The van der Waals surface area contributed by atoms with E-state index in [2.05, 4.69) is 10.2 Å². The summed E-state index contributed by atoms with van der Waals surface area (Å²) in [5.74, 6) is 1.77. The van der Waals surface area contributed by atoms with Crippen molar-refractivity contribution in [2.45, 2.75) is 57.0 Å². The molecule has 1 aromatic heterocycles. The first kappa shape index (κ1) is 13.5. The van der Waals surface area contributed by atoms with E-state index in [4.69, 9.17) is 4.42 Å². The van der Waals surface area contributed by atoms with Crippen LogP contribution in [0.25, 0.3) is 0 Å². The van der Waals surface area contributed by atoms with Gasteiger partial charge < -0.3 is 14.4 Å². The van der Waals surface area contributed by atoms with Gasteiger partial charge in [-0.15, -0.1) is 10.2 Å². The van der Waals surface area contributed by atoms with E-state index in [-0.39, 0.29) is 12.0 Å². The molecule has 0 unspecified atom stereocenters. The maximum atomic E-state index is 12.0. The zero-order valence-corrected chi connectivity index (χ0v) is 11.6. The van der Waals surface area contributed by atoms with E-state index in [9.17, 15) is 9.90 Å². The second-order valence-corrected chi connectivity index (χ2v) is 5.80. The van der Waals surface area contributed by atoms with Crippen LogP contribution in [0.5, 0.6) is 0 Å². The molecule has 1 aliphatic carbocycles. The molecule has 1 amide bonds. The van der Waals surface area contributed by atoms with E-state index in [0.29, 0.717) is 44.2 Å². The number of hydrogen-bond donors (Lipinski definition) is 1. The number of aryl methyl sites for hydroxylation is 1. The van der Waals surface area contributed by atoms with Gasteiger partial charge in [0.15, 0.2) is 0 Å². The summed E-state index contributed by atoms with van der Waals surface area (Å²) in [6.45, 7) is 1.10. The minimum absolute atomic E-state index is 0.0576. The van der Waals surface area contributed by atoms with E-state index < -0.39 is 0 Å². The number of carbonyl (C=O) groups excluding carboxylic acids is 1. The van der Waals surface area contributed by atoms with Gasteiger partial charge in [-0.2, -0.15) is 0 Å². The zero-order chi connectivity index (χ0) is 13.9. The molecule has 1 aromatic rings. The maximum Gasteiger partial charge on any atom is 0.223 e. The maximum absolute atomic E-state index is 12.0. The summed E-state index contributed by atoms with van der Waals surface area (Å²) in [6.07, 6.45) is 5.91. The second kappa shape index (κ2) is 5.91. The molecule has 6 heteroatoms. The minimum Gasteiger partial charge on any atom is -0.425 e. The molecular weight excluding hydrogens is 258 g/mol. The lowest BCUT2D eigenvalue weighted by molar-refractivity contribution is -0.130. The molecule has 0 radical (unpaired) electrons. The molecule has 110 valence electrons. The van der Waals surface area contributed by atoms with Crippen molar-refractivity contribution in [3.63, 3.8) is 0 Å². The molecule has 2 aliphatic rings. The van der Waals surface area contributed by atoms with Crippen LogP contribution < -0.4 is 0 Å². The Bertz CT molecular complexity index is 468. The normalized spacial score (nSPS) is 23.6. The standard InChI is InChI=1S/C14H21N3O3/c18-11-7-8-17(9-11)13(19)6-5-12-15-16-14(20-12)10-3-1-2-4-10/h10-11,18H,1-9H2/t11-/m1/s1. The number of carbonyl (C=O) groups is 1. The van der Waals surface area contributed by atoms with E-state index in [1.807, 2.05) is 0 Å². The van der Waals surface area contributed by atoms with E-state index in [1.54, 1.807) is 4.90 Å². The first-order valence-electron chi connectivity index (χ1n) is 7.50. The largest absolute Gasteiger partial charge is 0.425 e. The molecule has 1 aliphatic heterocycles.